The van der Waals surface area contributed by atoms with Crippen LogP contribution in [0.3, 0.4) is 0 Å². The number of aromatic carboxylic acids is 1. The monoisotopic (exact) mass is 281 g/mol. The topological polar surface area (TPSA) is 69.6 Å². The molecule has 4 nitrogen and oxygen atoms in total. The van der Waals surface area contributed by atoms with Crippen LogP contribution in [0.5, 0.6) is 0 Å². The summed E-state index contributed by atoms with van der Waals surface area (Å²) >= 11 is 0. The Morgan fingerprint density at radius 2 is 2.05 bits per heavy atom. The first kappa shape index (κ1) is 14.9. The van der Waals surface area contributed by atoms with Gasteiger partial charge >= 0.3 is 5.97 Å². The molecule has 1 aliphatic rings. The Balaban J connectivity index is 1.91. The fourth-order valence-electron chi connectivity index (χ4n) is 2.83. The quantitative estimate of drug-likeness (QED) is 0.747. The van der Waals surface area contributed by atoms with Gasteiger partial charge in [-0.1, -0.05) is 18.9 Å². The third kappa shape index (κ3) is 3.35. The predicted octanol–water partition coefficient (Wildman–Crippen LogP) is 2.17. The SMILES string of the molecule is O=C(O)c1ccc(CNCC2(CO)CCCC2)cc1F. The lowest BCUT2D eigenvalue weighted by Crippen LogP contribution is -2.34. The standard InChI is InChI=1S/C15H20FNO3/c16-13-7-11(3-4-12(13)14(19)20)8-17-9-15(10-18)5-1-2-6-15/h3-4,7,17-18H,1-2,5-6,8-10H2,(H,19,20). The highest BCUT2D eigenvalue weighted by Crippen LogP contribution is 2.36. The normalized spacial score (nSPS) is 17.3. The molecule has 3 N–H and O–H groups in total. The summed E-state index contributed by atoms with van der Waals surface area (Å²) in [6.45, 7) is 1.34. The molecule has 0 amide bonds. The Bertz CT molecular complexity index is 484. The highest BCUT2D eigenvalue weighted by molar-refractivity contribution is 5.87. The summed E-state index contributed by atoms with van der Waals surface area (Å²) in [4.78, 5) is 10.7. The summed E-state index contributed by atoms with van der Waals surface area (Å²) in [6, 6.07) is 4.14. The highest BCUT2D eigenvalue weighted by atomic mass is 19.1. The Kier molecular flexibility index (Phi) is 4.73. The highest BCUT2D eigenvalue weighted by Gasteiger charge is 2.32. The van der Waals surface area contributed by atoms with Crippen LogP contribution in [-0.2, 0) is 6.54 Å². The van der Waals surface area contributed by atoms with E-state index < -0.39 is 11.8 Å². The zero-order chi connectivity index (χ0) is 14.6. The fraction of sp³-hybridized carbons (Fsp3) is 0.533. The van der Waals surface area contributed by atoms with E-state index in [-0.39, 0.29) is 17.6 Å². The number of rotatable bonds is 6. The number of hydrogen-bond donors (Lipinski definition) is 3. The van der Waals surface area contributed by atoms with Crippen LogP contribution >= 0.6 is 0 Å². The smallest absolute Gasteiger partial charge is 0.338 e. The number of aliphatic hydroxyl groups excluding tert-OH is 1. The largest absolute Gasteiger partial charge is 0.478 e. The number of halogens is 1. The minimum atomic E-state index is -1.26. The molecule has 5 heteroatoms. The van der Waals surface area contributed by atoms with E-state index in [4.69, 9.17) is 5.11 Å². The molecule has 1 fully saturated rings. The molecule has 110 valence electrons. The minimum absolute atomic E-state index is 0.0421. The Morgan fingerprint density at radius 1 is 1.35 bits per heavy atom. The molecular weight excluding hydrogens is 261 g/mol. The fourth-order valence-corrected chi connectivity index (χ4v) is 2.83. The van der Waals surface area contributed by atoms with Crippen molar-refractivity contribution in [2.24, 2.45) is 5.41 Å². The van der Waals surface area contributed by atoms with E-state index in [0.29, 0.717) is 18.7 Å². The van der Waals surface area contributed by atoms with Crippen LogP contribution in [0.2, 0.25) is 0 Å². The number of aliphatic hydroxyl groups is 1. The third-order valence-electron chi connectivity index (χ3n) is 4.09. The van der Waals surface area contributed by atoms with Crippen molar-refractivity contribution >= 4 is 5.97 Å². The summed E-state index contributed by atoms with van der Waals surface area (Å²) in [6.07, 6.45) is 4.32. The van der Waals surface area contributed by atoms with Gasteiger partial charge in [-0.15, -0.1) is 0 Å². The zero-order valence-electron chi connectivity index (χ0n) is 11.4. The number of nitrogens with one attached hydrogen (secondary N) is 1. The molecule has 2 rings (SSSR count). The van der Waals surface area contributed by atoms with E-state index >= 15 is 0 Å². The second-order valence-corrected chi connectivity index (χ2v) is 5.59. The number of carboxylic acid groups (broad SMARTS) is 1. The molecule has 1 saturated carbocycles. The molecule has 0 heterocycles. The van der Waals surface area contributed by atoms with Gasteiger partial charge in [-0.2, -0.15) is 0 Å². The van der Waals surface area contributed by atoms with Crippen molar-refractivity contribution in [2.75, 3.05) is 13.2 Å². The number of hydrogen-bond acceptors (Lipinski definition) is 3. The van der Waals surface area contributed by atoms with Crippen molar-refractivity contribution in [3.8, 4) is 0 Å². The van der Waals surface area contributed by atoms with Crippen LogP contribution in [0.4, 0.5) is 4.39 Å². The molecule has 0 spiro atoms. The molecular formula is C15H20FNO3. The van der Waals surface area contributed by atoms with Crippen molar-refractivity contribution in [2.45, 2.75) is 32.2 Å². The van der Waals surface area contributed by atoms with Gasteiger partial charge in [-0.25, -0.2) is 9.18 Å². The minimum Gasteiger partial charge on any atom is -0.478 e. The van der Waals surface area contributed by atoms with Gasteiger partial charge in [0.05, 0.1) is 5.56 Å². The average Bonchev–Trinajstić information content (AvgIpc) is 2.88. The van der Waals surface area contributed by atoms with E-state index in [1.807, 2.05) is 0 Å². The van der Waals surface area contributed by atoms with Crippen LogP contribution in [0, 0.1) is 11.2 Å². The summed E-state index contributed by atoms with van der Waals surface area (Å²) in [5.74, 6) is -1.97. The zero-order valence-corrected chi connectivity index (χ0v) is 11.4. The molecule has 0 saturated heterocycles. The van der Waals surface area contributed by atoms with E-state index in [0.717, 1.165) is 25.7 Å². The summed E-state index contributed by atoms with van der Waals surface area (Å²) < 4.78 is 13.5. The molecule has 1 aliphatic carbocycles. The van der Waals surface area contributed by atoms with E-state index in [2.05, 4.69) is 5.32 Å². The van der Waals surface area contributed by atoms with Gasteiger partial charge < -0.3 is 15.5 Å². The Hall–Kier alpha value is -1.46. The lowest BCUT2D eigenvalue weighted by Gasteiger charge is -2.26. The second-order valence-electron chi connectivity index (χ2n) is 5.59. The van der Waals surface area contributed by atoms with Crippen molar-refractivity contribution in [3.05, 3.63) is 35.1 Å². The number of benzene rings is 1. The van der Waals surface area contributed by atoms with Gasteiger partial charge in [0.2, 0.25) is 0 Å². The first-order valence-corrected chi connectivity index (χ1v) is 6.90. The predicted molar refractivity (Wildman–Crippen MR) is 73.1 cm³/mol. The lowest BCUT2D eigenvalue weighted by molar-refractivity contribution is 0.0692. The maximum absolute atomic E-state index is 13.5. The molecule has 0 aliphatic heterocycles. The lowest BCUT2D eigenvalue weighted by atomic mass is 9.87. The summed E-state index contributed by atoms with van der Waals surface area (Å²) in [7, 11) is 0. The molecule has 1 aromatic rings. The van der Waals surface area contributed by atoms with Crippen molar-refractivity contribution in [1.29, 1.82) is 0 Å². The van der Waals surface area contributed by atoms with Crippen molar-refractivity contribution in [3.63, 3.8) is 0 Å². The van der Waals surface area contributed by atoms with E-state index in [1.165, 1.54) is 12.1 Å². The Labute approximate surface area is 117 Å². The molecule has 1 aromatic carbocycles. The first-order valence-electron chi connectivity index (χ1n) is 6.90. The van der Waals surface area contributed by atoms with Crippen LogP contribution < -0.4 is 5.32 Å². The van der Waals surface area contributed by atoms with Crippen LogP contribution in [-0.4, -0.2) is 29.3 Å². The van der Waals surface area contributed by atoms with Gasteiger partial charge in [0.1, 0.15) is 5.82 Å². The number of carbonyl (C=O) groups is 1. The molecule has 0 atom stereocenters. The van der Waals surface area contributed by atoms with Crippen LogP contribution in [0.15, 0.2) is 18.2 Å². The maximum atomic E-state index is 13.5. The van der Waals surface area contributed by atoms with Gasteiger partial charge in [-0.05, 0) is 30.5 Å². The molecule has 0 bridgehead atoms. The molecule has 0 unspecified atom stereocenters. The van der Waals surface area contributed by atoms with Gasteiger partial charge in [0.15, 0.2) is 0 Å². The van der Waals surface area contributed by atoms with Gasteiger partial charge in [0, 0.05) is 25.1 Å². The second kappa shape index (κ2) is 6.33. The molecule has 0 radical (unpaired) electrons. The summed E-state index contributed by atoms with van der Waals surface area (Å²) in [5, 5.41) is 21.5. The van der Waals surface area contributed by atoms with E-state index in [1.54, 1.807) is 6.07 Å². The van der Waals surface area contributed by atoms with E-state index in [9.17, 15) is 14.3 Å². The molecule has 0 aromatic heterocycles. The Morgan fingerprint density at radius 3 is 2.60 bits per heavy atom. The molecule has 20 heavy (non-hydrogen) atoms. The van der Waals surface area contributed by atoms with Crippen LogP contribution in [0.25, 0.3) is 0 Å². The summed E-state index contributed by atoms with van der Waals surface area (Å²) in [5.41, 5.74) is 0.356. The van der Waals surface area contributed by atoms with Crippen molar-refractivity contribution < 1.29 is 19.4 Å². The van der Waals surface area contributed by atoms with Gasteiger partial charge in [-0.3, -0.25) is 0 Å². The average molecular weight is 281 g/mol. The number of carboxylic acids is 1. The van der Waals surface area contributed by atoms with Gasteiger partial charge in [0.25, 0.3) is 0 Å². The van der Waals surface area contributed by atoms with Crippen molar-refractivity contribution in [1.82, 2.24) is 5.32 Å². The maximum Gasteiger partial charge on any atom is 0.338 e. The first-order chi connectivity index (χ1) is 9.56. The third-order valence-corrected chi connectivity index (χ3v) is 4.09. The van der Waals surface area contributed by atoms with Crippen LogP contribution in [0.1, 0.15) is 41.6 Å².